The monoisotopic (exact) mass is 235 g/mol. The third-order valence-electron chi connectivity index (χ3n) is 3.11. The Morgan fingerprint density at radius 3 is 2.65 bits per heavy atom. The maximum Gasteiger partial charge on any atom is 0.341 e. The minimum atomic E-state index is -0.985. The molecule has 0 aliphatic heterocycles. The van der Waals surface area contributed by atoms with Crippen molar-refractivity contribution in [3.05, 3.63) is 24.0 Å². The van der Waals surface area contributed by atoms with E-state index in [1.165, 1.54) is 19.0 Å². The molecule has 2 rings (SSSR count). The van der Waals surface area contributed by atoms with Crippen LogP contribution in [0.3, 0.4) is 0 Å². The zero-order chi connectivity index (χ0) is 12.1. The number of aromatic nitrogens is 1. The first kappa shape index (κ1) is 11.9. The molecule has 1 saturated carbocycles. The third-order valence-corrected chi connectivity index (χ3v) is 3.11. The summed E-state index contributed by atoms with van der Waals surface area (Å²) in [5.41, 5.74) is 0.150. The zero-order valence-electron chi connectivity index (χ0n) is 9.76. The van der Waals surface area contributed by atoms with E-state index >= 15 is 0 Å². The quantitative estimate of drug-likeness (QED) is 0.818. The number of nitrogens with zero attached hydrogens (tertiary/aromatic N) is 1. The smallest absolute Gasteiger partial charge is 0.341 e. The molecule has 4 heteroatoms. The Bertz CT molecular complexity index is 384. The van der Waals surface area contributed by atoms with Crippen LogP contribution in [0, 0.1) is 0 Å². The van der Waals surface area contributed by atoms with Gasteiger partial charge in [0.2, 0.25) is 0 Å². The van der Waals surface area contributed by atoms with Crippen molar-refractivity contribution >= 4 is 5.97 Å². The molecule has 0 atom stereocenters. The summed E-state index contributed by atoms with van der Waals surface area (Å²) < 4.78 is 5.81. The van der Waals surface area contributed by atoms with Crippen LogP contribution in [0.2, 0.25) is 0 Å². The van der Waals surface area contributed by atoms with E-state index < -0.39 is 5.97 Å². The molecule has 0 spiro atoms. The number of hydrogen-bond acceptors (Lipinski definition) is 3. The zero-order valence-corrected chi connectivity index (χ0v) is 9.76. The fraction of sp³-hybridized carbons (Fsp3) is 0.538. The minimum absolute atomic E-state index is 0.150. The van der Waals surface area contributed by atoms with Gasteiger partial charge in [-0.2, -0.15) is 0 Å². The first-order valence-corrected chi connectivity index (χ1v) is 6.11. The van der Waals surface area contributed by atoms with Gasteiger partial charge in [0.05, 0.1) is 6.10 Å². The molecule has 0 unspecified atom stereocenters. The molecule has 0 amide bonds. The molecule has 1 heterocycles. The van der Waals surface area contributed by atoms with E-state index in [2.05, 4.69) is 4.98 Å². The topological polar surface area (TPSA) is 59.4 Å². The minimum Gasteiger partial charge on any atom is -0.489 e. The van der Waals surface area contributed by atoms with E-state index in [9.17, 15) is 4.79 Å². The lowest BCUT2D eigenvalue weighted by atomic mass is 10.1. The van der Waals surface area contributed by atoms with Crippen LogP contribution in [0.15, 0.2) is 18.5 Å². The molecule has 1 N–H and O–H groups in total. The molecule has 0 aromatic carbocycles. The Balaban J connectivity index is 2.09. The van der Waals surface area contributed by atoms with Crippen molar-refractivity contribution in [3.8, 4) is 5.75 Å². The molecular weight excluding hydrogens is 218 g/mol. The number of aromatic carboxylic acids is 1. The van der Waals surface area contributed by atoms with Crippen molar-refractivity contribution in [2.75, 3.05) is 0 Å². The van der Waals surface area contributed by atoms with Crippen molar-refractivity contribution in [1.82, 2.24) is 4.98 Å². The lowest BCUT2D eigenvalue weighted by Crippen LogP contribution is -2.17. The summed E-state index contributed by atoms with van der Waals surface area (Å²) in [6, 6.07) is 1.63. The van der Waals surface area contributed by atoms with Crippen LogP contribution in [-0.4, -0.2) is 22.2 Å². The van der Waals surface area contributed by atoms with Crippen LogP contribution < -0.4 is 4.74 Å². The van der Waals surface area contributed by atoms with Crippen molar-refractivity contribution in [1.29, 1.82) is 0 Å². The van der Waals surface area contributed by atoms with Gasteiger partial charge in [0.25, 0.3) is 0 Å². The lowest BCUT2D eigenvalue weighted by Gasteiger charge is -2.17. The number of hydrogen-bond donors (Lipinski definition) is 1. The highest BCUT2D eigenvalue weighted by Gasteiger charge is 2.17. The molecular formula is C13H17NO3. The summed E-state index contributed by atoms with van der Waals surface area (Å²) in [6.07, 6.45) is 9.92. The first-order chi connectivity index (χ1) is 8.27. The Labute approximate surface area is 101 Å². The van der Waals surface area contributed by atoms with E-state index in [1.807, 2.05) is 0 Å². The SMILES string of the molecule is O=C(O)c1cnccc1OC1CCCCCC1. The normalized spacial score (nSPS) is 17.4. The first-order valence-electron chi connectivity index (χ1n) is 6.11. The number of rotatable bonds is 3. The lowest BCUT2D eigenvalue weighted by molar-refractivity contribution is 0.0687. The van der Waals surface area contributed by atoms with Crippen LogP contribution in [0.25, 0.3) is 0 Å². The number of carbonyl (C=O) groups is 1. The predicted octanol–water partition coefficient (Wildman–Crippen LogP) is 2.88. The van der Waals surface area contributed by atoms with Crippen molar-refractivity contribution < 1.29 is 14.6 Å². The number of ether oxygens (including phenoxy) is 1. The van der Waals surface area contributed by atoms with Crippen molar-refractivity contribution in [2.45, 2.75) is 44.6 Å². The van der Waals surface area contributed by atoms with Gasteiger partial charge >= 0.3 is 5.97 Å². The van der Waals surface area contributed by atoms with Crippen LogP contribution in [0.1, 0.15) is 48.9 Å². The van der Waals surface area contributed by atoms with Gasteiger partial charge in [0.15, 0.2) is 0 Å². The van der Waals surface area contributed by atoms with Crippen molar-refractivity contribution in [2.24, 2.45) is 0 Å². The summed E-state index contributed by atoms with van der Waals surface area (Å²) >= 11 is 0. The van der Waals surface area contributed by atoms with Gasteiger partial charge in [-0.05, 0) is 31.7 Å². The molecule has 1 aliphatic rings. The Hall–Kier alpha value is -1.58. The van der Waals surface area contributed by atoms with E-state index in [4.69, 9.17) is 9.84 Å². The maximum atomic E-state index is 11.0. The largest absolute Gasteiger partial charge is 0.489 e. The third kappa shape index (κ3) is 3.19. The molecule has 4 nitrogen and oxygen atoms in total. The van der Waals surface area contributed by atoms with Gasteiger partial charge in [0.1, 0.15) is 11.3 Å². The number of pyridine rings is 1. The summed E-state index contributed by atoms with van der Waals surface area (Å²) in [7, 11) is 0. The summed E-state index contributed by atoms with van der Waals surface area (Å²) in [4.78, 5) is 14.8. The summed E-state index contributed by atoms with van der Waals surface area (Å²) in [6.45, 7) is 0. The van der Waals surface area contributed by atoms with Crippen LogP contribution in [0.5, 0.6) is 5.75 Å². The second kappa shape index (κ2) is 5.66. The van der Waals surface area contributed by atoms with Gasteiger partial charge in [-0.1, -0.05) is 12.8 Å². The molecule has 1 aliphatic carbocycles. The second-order valence-electron chi connectivity index (χ2n) is 4.41. The van der Waals surface area contributed by atoms with E-state index in [0.717, 1.165) is 25.7 Å². The van der Waals surface area contributed by atoms with E-state index in [-0.39, 0.29) is 11.7 Å². The van der Waals surface area contributed by atoms with Gasteiger partial charge in [-0.3, -0.25) is 4.98 Å². The fourth-order valence-electron chi connectivity index (χ4n) is 2.18. The molecule has 0 radical (unpaired) electrons. The molecule has 1 aromatic heterocycles. The Morgan fingerprint density at radius 1 is 1.29 bits per heavy atom. The Kier molecular flexibility index (Phi) is 3.96. The summed E-state index contributed by atoms with van der Waals surface area (Å²) in [5.74, 6) is -0.541. The Morgan fingerprint density at radius 2 is 2.00 bits per heavy atom. The van der Waals surface area contributed by atoms with Crippen molar-refractivity contribution in [3.63, 3.8) is 0 Å². The van der Waals surface area contributed by atoms with E-state index in [1.54, 1.807) is 12.3 Å². The highest BCUT2D eigenvalue weighted by molar-refractivity contribution is 5.90. The average Bonchev–Trinajstić information content (AvgIpc) is 2.58. The number of carboxylic acid groups (broad SMARTS) is 1. The highest BCUT2D eigenvalue weighted by atomic mass is 16.5. The maximum absolute atomic E-state index is 11.0. The molecule has 0 bridgehead atoms. The number of carboxylic acids is 1. The standard InChI is InChI=1S/C13H17NO3/c15-13(16)11-9-14-8-7-12(11)17-10-5-3-1-2-4-6-10/h7-10H,1-6H2,(H,15,16). The highest BCUT2D eigenvalue weighted by Crippen LogP contribution is 2.24. The fourth-order valence-corrected chi connectivity index (χ4v) is 2.18. The second-order valence-corrected chi connectivity index (χ2v) is 4.41. The van der Waals surface area contributed by atoms with Crippen LogP contribution >= 0.6 is 0 Å². The molecule has 1 fully saturated rings. The molecule has 92 valence electrons. The molecule has 17 heavy (non-hydrogen) atoms. The van der Waals surface area contributed by atoms with Gasteiger partial charge in [-0.25, -0.2) is 4.79 Å². The molecule has 0 saturated heterocycles. The van der Waals surface area contributed by atoms with Crippen LogP contribution in [-0.2, 0) is 0 Å². The average molecular weight is 235 g/mol. The summed E-state index contributed by atoms with van der Waals surface area (Å²) in [5, 5.41) is 9.03. The van der Waals surface area contributed by atoms with Gasteiger partial charge in [-0.15, -0.1) is 0 Å². The van der Waals surface area contributed by atoms with Gasteiger partial charge < -0.3 is 9.84 Å². The van der Waals surface area contributed by atoms with Gasteiger partial charge in [0, 0.05) is 12.4 Å². The predicted molar refractivity (Wildman–Crippen MR) is 63.3 cm³/mol. The van der Waals surface area contributed by atoms with E-state index in [0.29, 0.717) is 5.75 Å². The van der Waals surface area contributed by atoms with Crippen LogP contribution in [0.4, 0.5) is 0 Å². The molecule has 1 aromatic rings.